The number of methoxy groups -OCH3 is 1. The van der Waals surface area contributed by atoms with Gasteiger partial charge in [0.2, 0.25) is 0 Å². The number of rotatable bonds is 8. The summed E-state index contributed by atoms with van der Waals surface area (Å²) in [6.45, 7) is 6.15. The monoisotopic (exact) mass is 634 g/mol. The van der Waals surface area contributed by atoms with E-state index in [1.54, 1.807) is 26.0 Å². The zero-order valence-corrected chi connectivity index (χ0v) is 25.3. The van der Waals surface area contributed by atoms with Gasteiger partial charge in [-0.1, -0.05) is 45.5 Å². The fraction of sp³-hybridized carbons (Fsp3) is 0.267. The highest BCUT2D eigenvalue weighted by molar-refractivity contribution is 9.10. The third-order valence-corrected chi connectivity index (χ3v) is 8.41. The van der Waals surface area contributed by atoms with Gasteiger partial charge in [-0.3, -0.25) is 9.36 Å². The van der Waals surface area contributed by atoms with Crippen LogP contribution in [0.15, 0.2) is 68.1 Å². The van der Waals surface area contributed by atoms with Crippen molar-refractivity contribution >= 4 is 50.2 Å². The minimum Gasteiger partial charge on any atom is -0.493 e. The third-order valence-electron chi connectivity index (χ3n) is 6.74. The minimum absolute atomic E-state index is 0.174. The van der Waals surface area contributed by atoms with Crippen LogP contribution in [0.3, 0.4) is 0 Å². The van der Waals surface area contributed by atoms with Crippen LogP contribution in [0, 0.1) is 11.3 Å². The summed E-state index contributed by atoms with van der Waals surface area (Å²) >= 11 is 4.88. The fourth-order valence-electron chi connectivity index (χ4n) is 5.01. The predicted octanol–water partition coefficient (Wildman–Crippen LogP) is 4.45. The first-order valence-corrected chi connectivity index (χ1v) is 14.6. The van der Waals surface area contributed by atoms with Crippen molar-refractivity contribution in [1.29, 1.82) is 5.26 Å². The van der Waals surface area contributed by atoms with E-state index in [0.717, 1.165) is 16.5 Å². The van der Waals surface area contributed by atoms with Crippen molar-refractivity contribution in [2.45, 2.75) is 33.4 Å². The number of esters is 1. The van der Waals surface area contributed by atoms with Crippen LogP contribution >= 0.6 is 27.3 Å². The van der Waals surface area contributed by atoms with Crippen LogP contribution < -0.4 is 24.4 Å². The van der Waals surface area contributed by atoms with Crippen molar-refractivity contribution in [2.24, 2.45) is 4.99 Å². The molecule has 2 aromatic carbocycles. The Morgan fingerprint density at radius 1 is 1.22 bits per heavy atom. The number of nitriles is 1. The first kappa shape index (κ1) is 28.4. The zero-order valence-electron chi connectivity index (χ0n) is 22.9. The largest absolute Gasteiger partial charge is 0.493 e. The minimum atomic E-state index is -0.827. The highest BCUT2D eigenvalue weighted by Gasteiger charge is 2.35. The van der Waals surface area contributed by atoms with Crippen LogP contribution in [-0.4, -0.2) is 35.4 Å². The number of halogens is 1. The number of hydrogen-bond donors (Lipinski definition) is 0. The lowest BCUT2D eigenvalue weighted by molar-refractivity contribution is -0.139. The summed E-state index contributed by atoms with van der Waals surface area (Å²) in [6, 6.07) is 12.6. The summed E-state index contributed by atoms with van der Waals surface area (Å²) in [5.41, 5.74) is 2.76. The van der Waals surface area contributed by atoms with Gasteiger partial charge in [-0.15, -0.1) is 0 Å². The number of allylic oxidation sites excluding steroid dienone is 1. The highest BCUT2D eigenvalue weighted by Crippen LogP contribution is 2.41. The molecule has 1 aliphatic heterocycles. The van der Waals surface area contributed by atoms with Crippen LogP contribution in [0.2, 0.25) is 0 Å². The van der Waals surface area contributed by atoms with E-state index in [-0.39, 0.29) is 24.3 Å². The maximum absolute atomic E-state index is 14.1. The first-order chi connectivity index (χ1) is 19.8. The standard InChI is InChI=1S/C30H27BrN4O5S/c1-5-39-24-15-21(31)20(14-23(24)38-4)27-26(29(37)40-6-2)17(3)33-30-35(27)28(36)25(41-30)13-18-16-34(12-11-32)22-10-8-7-9-19(18)22/h7-10,13-16,27H,5-6,12H2,1-4H3/b25-13+/t27-/m1/s1. The summed E-state index contributed by atoms with van der Waals surface area (Å²) in [5.74, 6) is 0.452. The molecule has 0 bridgehead atoms. The Kier molecular flexibility index (Phi) is 8.15. The molecule has 2 aromatic heterocycles. The van der Waals surface area contributed by atoms with Crippen molar-refractivity contribution in [3.63, 3.8) is 0 Å². The molecule has 210 valence electrons. The van der Waals surface area contributed by atoms with E-state index in [1.165, 1.54) is 23.0 Å². The van der Waals surface area contributed by atoms with Crippen LogP contribution in [0.4, 0.5) is 0 Å². The van der Waals surface area contributed by atoms with Crippen molar-refractivity contribution in [1.82, 2.24) is 9.13 Å². The van der Waals surface area contributed by atoms with E-state index in [1.807, 2.05) is 48.0 Å². The summed E-state index contributed by atoms with van der Waals surface area (Å²) in [4.78, 5) is 32.5. The number of thiazole rings is 1. The Bertz CT molecular complexity index is 1930. The van der Waals surface area contributed by atoms with Crippen LogP contribution in [0.25, 0.3) is 17.0 Å². The van der Waals surface area contributed by atoms with Gasteiger partial charge in [0, 0.05) is 27.1 Å². The molecule has 1 aliphatic rings. The van der Waals surface area contributed by atoms with E-state index in [9.17, 15) is 14.9 Å². The Morgan fingerprint density at radius 2 is 2.00 bits per heavy atom. The van der Waals surface area contributed by atoms with Gasteiger partial charge in [0.15, 0.2) is 16.3 Å². The Hall–Kier alpha value is -4.14. The lowest BCUT2D eigenvalue weighted by Gasteiger charge is -2.26. The lowest BCUT2D eigenvalue weighted by Crippen LogP contribution is -2.40. The van der Waals surface area contributed by atoms with Gasteiger partial charge in [-0.25, -0.2) is 9.79 Å². The molecule has 9 nitrogen and oxygen atoms in total. The molecule has 0 unspecified atom stereocenters. The molecule has 1 atom stereocenters. The normalized spacial score (nSPS) is 14.9. The average Bonchev–Trinajstić information content (AvgIpc) is 3.45. The van der Waals surface area contributed by atoms with Gasteiger partial charge < -0.3 is 18.8 Å². The number of carbonyl (C=O) groups is 1. The molecule has 41 heavy (non-hydrogen) atoms. The van der Waals surface area contributed by atoms with Crippen LogP contribution in [-0.2, 0) is 16.1 Å². The first-order valence-electron chi connectivity index (χ1n) is 13.0. The second-order valence-electron chi connectivity index (χ2n) is 9.15. The maximum Gasteiger partial charge on any atom is 0.338 e. The number of benzene rings is 2. The van der Waals surface area contributed by atoms with Crippen molar-refractivity contribution in [3.05, 3.63) is 89.2 Å². The summed E-state index contributed by atoms with van der Waals surface area (Å²) in [6.07, 6.45) is 3.68. The zero-order chi connectivity index (χ0) is 29.3. The smallest absolute Gasteiger partial charge is 0.338 e. The summed E-state index contributed by atoms with van der Waals surface area (Å²) in [7, 11) is 1.54. The van der Waals surface area contributed by atoms with Crippen LogP contribution in [0.5, 0.6) is 11.5 Å². The maximum atomic E-state index is 14.1. The molecule has 3 heterocycles. The topological polar surface area (TPSA) is 108 Å². The second kappa shape index (κ2) is 11.8. The highest BCUT2D eigenvalue weighted by atomic mass is 79.9. The molecule has 0 amide bonds. The number of aromatic nitrogens is 2. The molecular formula is C30H27BrN4O5S. The molecule has 0 aliphatic carbocycles. The molecule has 5 rings (SSSR count). The molecule has 0 saturated carbocycles. The van der Waals surface area contributed by atoms with E-state index < -0.39 is 12.0 Å². The molecule has 0 fully saturated rings. The number of fused-ring (bicyclic) bond motifs is 2. The lowest BCUT2D eigenvalue weighted by atomic mass is 9.95. The van der Waals surface area contributed by atoms with Gasteiger partial charge in [-0.05, 0) is 50.6 Å². The average molecular weight is 636 g/mol. The number of para-hydroxylation sites is 1. The van der Waals surface area contributed by atoms with E-state index in [4.69, 9.17) is 14.2 Å². The number of ether oxygens (including phenoxy) is 3. The van der Waals surface area contributed by atoms with Crippen molar-refractivity contribution in [2.75, 3.05) is 20.3 Å². The summed E-state index contributed by atoms with van der Waals surface area (Å²) in [5, 5.41) is 10.2. The molecule has 0 spiro atoms. The molecule has 0 N–H and O–H groups in total. The van der Waals surface area contributed by atoms with Crippen molar-refractivity contribution < 1.29 is 19.0 Å². The van der Waals surface area contributed by atoms with Gasteiger partial charge in [-0.2, -0.15) is 5.26 Å². The van der Waals surface area contributed by atoms with Crippen molar-refractivity contribution in [3.8, 4) is 17.6 Å². The number of nitrogens with zero attached hydrogens (tertiary/aromatic N) is 4. The molecule has 0 saturated heterocycles. The molecule has 11 heteroatoms. The van der Waals surface area contributed by atoms with Gasteiger partial charge >= 0.3 is 5.97 Å². The van der Waals surface area contributed by atoms with Crippen LogP contribution in [0.1, 0.15) is 37.9 Å². The fourth-order valence-corrected chi connectivity index (χ4v) is 6.59. The Labute approximate surface area is 248 Å². The van der Waals surface area contributed by atoms with Gasteiger partial charge in [0.05, 0.1) is 48.2 Å². The SMILES string of the molecule is CCOC(=O)C1=C(C)N=c2s/c(=C/c3cn(CC#N)c4ccccc34)c(=O)n2[C@@H]1c1cc(OC)c(OCC)cc1Br. The quantitative estimate of drug-likeness (QED) is 0.265. The third kappa shape index (κ3) is 5.09. The second-order valence-corrected chi connectivity index (χ2v) is 11.0. The predicted molar refractivity (Wildman–Crippen MR) is 160 cm³/mol. The van der Waals surface area contributed by atoms with E-state index >= 15 is 0 Å². The molecule has 0 radical (unpaired) electrons. The number of carbonyl (C=O) groups excluding carboxylic acids is 1. The number of hydrogen-bond acceptors (Lipinski definition) is 8. The van der Waals surface area contributed by atoms with Gasteiger partial charge in [0.1, 0.15) is 6.54 Å². The Balaban J connectivity index is 1.77. The molecular weight excluding hydrogens is 608 g/mol. The Morgan fingerprint density at radius 3 is 2.71 bits per heavy atom. The van der Waals surface area contributed by atoms with E-state index in [2.05, 4.69) is 27.0 Å². The summed E-state index contributed by atoms with van der Waals surface area (Å²) < 4.78 is 21.2. The molecule has 4 aromatic rings. The van der Waals surface area contributed by atoms with E-state index in [0.29, 0.717) is 43.2 Å². The van der Waals surface area contributed by atoms with Gasteiger partial charge in [0.25, 0.3) is 5.56 Å².